The van der Waals surface area contributed by atoms with Gasteiger partial charge in [-0.1, -0.05) is 42.5 Å². The van der Waals surface area contributed by atoms with Crippen molar-refractivity contribution in [3.05, 3.63) is 95.6 Å². The molecule has 1 N–H and O–H groups in total. The van der Waals surface area contributed by atoms with Gasteiger partial charge in [-0.2, -0.15) is 0 Å². The second kappa shape index (κ2) is 9.06. The summed E-state index contributed by atoms with van der Waals surface area (Å²) in [7, 11) is 3.31. The average molecular weight is 388 g/mol. The molecule has 5 heteroatoms. The van der Waals surface area contributed by atoms with Crippen molar-refractivity contribution in [3.8, 4) is 5.75 Å². The number of para-hydroxylation sites is 1. The molecule has 0 saturated heterocycles. The number of hydrogen-bond donors (Lipinski definition) is 1. The van der Waals surface area contributed by atoms with Crippen LogP contribution in [0.1, 0.15) is 39.2 Å². The summed E-state index contributed by atoms with van der Waals surface area (Å²) in [5.41, 5.74) is 2.70. The Balaban J connectivity index is 1.77. The fourth-order valence-corrected chi connectivity index (χ4v) is 3.08. The fourth-order valence-electron chi connectivity index (χ4n) is 3.08. The van der Waals surface area contributed by atoms with Crippen molar-refractivity contribution in [1.82, 2.24) is 4.90 Å². The predicted octanol–water partition coefficient (Wildman–Crippen LogP) is 4.78. The number of anilines is 1. The molecular weight excluding hydrogens is 364 g/mol. The molecule has 29 heavy (non-hydrogen) atoms. The highest BCUT2D eigenvalue weighted by molar-refractivity contribution is 6.04. The molecule has 0 aliphatic carbocycles. The minimum Gasteiger partial charge on any atom is -0.496 e. The summed E-state index contributed by atoms with van der Waals surface area (Å²) in [4.78, 5) is 27.0. The second-order valence-electron chi connectivity index (χ2n) is 6.74. The van der Waals surface area contributed by atoms with Crippen LogP contribution in [0.3, 0.4) is 0 Å². The van der Waals surface area contributed by atoms with Crippen LogP contribution in [0, 0.1) is 0 Å². The monoisotopic (exact) mass is 388 g/mol. The van der Waals surface area contributed by atoms with Crippen LogP contribution in [0.5, 0.6) is 5.75 Å². The van der Waals surface area contributed by atoms with E-state index in [0.29, 0.717) is 22.6 Å². The lowest BCUT2D eigenvalue weighted by Gasteiger charge is -2.26. The van der Waals surface area contributed by atoms with Crippen molar-refractivity contribution >= 4 is 17.5 Å². The van der Waals surface area contributed by atoms with Crippen molar-refractivity contribution in [2.45, 2.75) is 13.0 Å². The minimum atomic E-state index is -0.194. The van der Waals surface area contributed by atoms with Gasteiger partial charge in [-0.3, -0.25) is 9.59 Å². The highest BCUT2D eigenvalue weighted by Gasteiger charge is 2.22. The van der Waals surface area contributed by atoms with Crippen molar-refractivity contribution < 1.29 is 14.3 Å². The lowest BCUT2D eigenvalue weighted by atomic mass is 10.0. The van der Waals surface area contributed by atoms with Crippen LogP contribution in [0.2, 0.25) is 0 Å². The van der Waals surface area contributed by atoms with E-state index < -0.39 is 0 Å². The molecule has 0 unspecified atom stereocenters. The van der Waals surface area contributed by atoms with Crippen molar-refractivity contribution in [2.24, 2.45) is 0 Å². The molecule has 5 nitrogen and oxygen atoms in total. The van der Waals surface area contributed by atoms with E-state index in [-0.39, 0.29) is 17.9 Å². The van der Waals surface area contributed by atoms with Gasteiger partial charge in [-0.05, 0) is 48.9 Å². The number of nitrogens with one attached hydrogen (secondary N) is 1. The van der Waals surface area contributed by atoms with Gasteiger partial charge in [-0.15, -0.1) is 0 Å². The van der Waals surface area contributed by atoms with Crippen LogP contribution in [-0.2, 0) is 0 Å². The summed E-state index contributed by atoms with van der Waals surface area (Å²) >= 11 is 0. The standard InChI is InChI=1S/C24H24N2O3/c1-17(26(2)24(28)21-14-7-8-15-22(21)29-3)19-12-9-13-20(16-19)25-23(27)18-10-5-4-6-11-18/h4-17H,1-3H3,(H,25,27)/t17-/m1/s1. The van der Waals surface area contributed by atoms with Gasteiger partial charge >= 0.3 is 0 Å². The highest BCUT2D eigenvalue weighted by atomic mass is 16.5. The summed E-state index contributed by atoms with van der Waals surface area (Å²) < 4.78 is 5.31. The zero-order valence-electron chi connectivity index (χ0n) is 16.8. The van der Waals surface area contributed by atoms with Gasteiger partial charge in [0.25, 0.3) is 11.8 Å². The number of carbonyl (C=O) groups is 2. The Bertz CT molecular complexity index is 1000. The Kier molecular flexibility index (Phi) is 6.29. The SMILES string of the molecule is COc1ccccc1C(=O)N(C)[C@H](C)c1cccc(NC(=O)c2ccccc2)c1. The van der Waals surface area contributed by atoms with Crippen LogP contribution < -0.4 is 10.1 Å². The topological polar surface area (TPSA) is 58.6 Å². The van der Waals surface area contributed by atoms with E-state index in [1.807, 2.05) is 61.5 Å². The molecule has 3 rings (SSSR count). The van der Waals surface area contributed by atoms with Gasteiger partial charge in [0.2, 0.25) is 0 Å². The molecular formula is C24H24N2O3. The Labute approximate surface area is 170 Å². The molecule has 0 aliphatic heterocycles. The molecule has 0 radical (unpaired) electrons. The van der Waals surface area contributed by atoms with Gasteiger partial charge in [0, 0.05) is 18.3 Å². The molecule has 0 aromatic heterocycles. The van der Waals surface area contributed by atoms with Crippen LogP contribution in [0.15, 0.2) is 78.9 Å². The first-order valence-electron chi connectivity index (χ1n) is 9.38. The third kappa shape index (κ3) is 4.63. The zero-order valence-corrected chi connectivity index (χ0v) is 16.8. The number of hydrogen-bond acceptors (Lipinski definition) is 3. The summed E-state index contributed by atoms with van der Waals surface area (Å²) in [6.45, 7) is 1.95. The van der Waals surface area contributed by atoms with E-state index in [9.17, 15) is 9.59 Å². The van der Waals surface area contributed by atoms with Crippen molar-refractivity contribution in [3.63, 3.8) is 0 Å². The first-order valence-corrected chi connectivity index (χ1v) is 9.38. The maximum atomic E-state index is 13.0. The van der Waals surface area contributed by atoms with E-state index >= 15 is 0 Å². The lowest BCUT2D eigenvalue weighted by Crippen LogP contribution is -2.30. The first-order chi connectivity index (χ1) is 14.0. The zero-order chi connectivity index (χ0) is 20.8. The van der Waals surface area contributed by atoms with Crippen LogP contribution >= 0.6 is 0 Å². The largest absolute Gasteiger partial charge is 0.496 e. The van der Waals surface area contributed by atoms with Crippen LogP contribution in [0.4, 0.5) is 5.69 Å². The fraction of sp³-hybridized carbons (Fsp3) is 0.167. The van der Waals surface area contributed by atoms with Crippen LogP contribution in [0.25, 0.3) is 0 Å². The molecule has 2 amide bonds. The highest BCUT2D eigenvalue weighted by Crippen LogP contribution is 2.26. The smallest absolute Gasteiger partial charge is 0.257 e. The average Bonchev–Trinajstić information content (AvgIpc) is 2.78. The molecule has 0 saturated carbocycles. The molecule has 3 aromatic rings. The number of nitrogens with zero attached hydrogens (tertiary/aromatic N) is 1. The number of carbonyl (C=O) groups excluding carboxylic acids is 2. The molecule has 0 heterocycles. The maximum Gasteiger partial charge on any atom is 0.257 e. The van der Waals surface area contributed by atoms with Gasteiger partial charge in [0.15, 0.2) is 0 Å². The number of amides is 2. The Morgan fingerprint density at radius 2 is 1.62 bits per heavy atom. The summed E-state index contributed by atoms with van der Waals surface area (Å²) in [5.74, 6) is 0.239. The number of benzene rings is 3. The van der Waals surface area contributed by atoms with E-state index in [1.54, 1.807) is 43.3 Å². The first kappa shape index (κ1) is 20.1. The van der Waals surface area contributed by atoms with Crippen molar-refractivity contribution in [1.29, 1.82) is 0 Å². The van der Waals surface area contributed by atoms with Gasteiger partial charge in [-0.25, -0.2) is 0 Å². The summed E-state index contributed by atoms with van der Waals surface area (Å²) in [6.07, 6.45) is 0. The second-order valence-corrected chi connectivity index (χ2v) is 6.74. The number of methoxy groups -OCH3 is 1. The predicted molar refractivity (Wildman–Crippen MR) is 114 cm³/mol. The van der Waals surface area contributed by atoms with Gasteiger partial charge in [0.1, 0.15) is 5.75 Å². The third-order valence-electron chi connectivity index (χ3n) is 4.90. The molecule has 3 aromatic carbocycles. The van der Waals surface area contributed by atoms with E-state index in [2.05, 4.69) is 5.32 Å². The van der Waals surface area contributed by atoms with Gasteiger partial charge < -0.3 is 15.0 Å². The molecule has 0 bridgehead atoms. The third-order valence-corrected chi connectivity index (χ3v) is 4.90. The molecule has 148 valence electrons. The Morgan fingerprint density at radius 3 is 2.34 bits per heavy atom. The molecule has 0 fully saturated rings. The Hall–Kier alpha value is -3.60. The van der Waals surface area contributed by atoms with E-state index in [1.165, 1.54) is 0 Å². The maximum absolute atomic E-state index is 13.0. The van der Waals surface area contributed by atoms with E-state index in [4.69, 9.17) is 4.74 Å². The van der Waals surface area contributed by atoms with Crippen LogP contribution in [-0.4, -0.2) is 30.9 Å². The van der Waals surface area contributed by atoms with Gasteiger partial charge in [0.05, 0.1) is 18.7 Å². The summed E-state index contributed by atoms with van der Waals surface area (Å²) in [5, 5.41) is 2.91. The van der Waals surface area contributed by atoms with Crippen molar-refractivity contribution in [2.75, 3.05) is 19.5 Å². The lowest BCUT2D eigenvalue weighted by molar-refractivity contribution is 0.0739. The Morgan fingerprint density at radius 1 is 0.931 bits per heavy atom. The summed E-state index contributed by atoms with van der Waals surface area (Å²) in [6, 6.07) is 23.5. The quantitative estimate of drug-likeness (QED) is 0.661. The molecule has 0 spiro atoms. The van der Waals surface area contributed by atoms with E-state index in [0.717, 1.165) is 5.56 Å². The number of rotatable bonds is 6. The number of ether oxygens (including phenoxy) is 1. The molecule has 0 aliphatic rings. The minimum absolute atomic E-state index is 0.131. The molecule has 1 atom stereocenters. The normalized spacial score (nSPS) is 11.4.